The molecule has 2 amide bonds. The van der Waals surface area contributed by atoms with Crippen molar-refractivity contribution in [1.82, 2.24) is 10.2 Å². The molecule has 43 heavy (non-hydrogen) atoms. The maximum atomic E-state index is 14.2. The SMILES string of the molecule is CCOc1ccccc1N(CC(=O)N(Cc1c(Cl)cccc1Cl)[C@@H](C)C(=O)NCC(C)C)S(=O)(=O)c1ccc(SC)cc1. The van der Waals surface area contributed by atoms with Gasteiger partial charge in [0.25, 0.3) is 10.0 Å². The molecule has 8 nitrogen and oxygen atoms in total. The largest absolute Gasteiger partial charge is 0.492 e. The molecule has 0 saturated carbocycles. The highest BCUT2D eigenvalue weighted by molar-refractivity contribution is 7.98. The maximum Gasteiger partial charge on any atom is 0.264 e. The lowest BCUT2D eigenvalue weighted by atomic mass is 10.1. The summed E-state index contributed by atoms with van der Waals surface area (Å²) in [6.07, 6.45) is 1.89. The molecule has 0 unspecified atom stereocenters. The zero-order valence-electron chi connectivity index (χ0n) is 24.8. The summed E-state index contributed by atoms with van der Waals surface area (Å²) in [5, 5.41) is 3.50. The minimum atomic E-state index is -4.26. The first-order valence-corrected chi connectivity index (χ1v) is 17.2. The molecule has 0 aliphatic carbocycles. The Hall–Kier alpha value is -2.92. The number of carbonyl (C=O) groups is 2. The standard InChI is InChI=1S/C31H37Cl2N3O5S2/c1-6-41-29-13-8-7-12-28(29)36(43(39,40)24-16-14-23(42-5)15-17-24)20-30(37)35(22(4)31(38)34-18-21(2)3)19-25-26(32)10-9-11-27(25)33/h7-17,21-22H,6,18-20H2,1-5H3,(H,34,38)/t22-/m0/s1. The Labute approximate surface area is 268 Å². The monoisotopic (exact) mass is 665 g/mol. The molecule has 1 N–H and O–H groups in total. The first-order chi connectivity index (χ1) is 20.4. The van der Waals surface area contributed by atoms with Gasteiger partial charge >= 0.3 is 0 Å². The molecule has 0 aliphatic rings. The zero-order chi connectivity index (χ0) is 31.7. The Bertz CT molecular complexity index is 1500. The van der Waals surface area contributed by atoms with Gasteiger partial charge in [0.05, 0.1) is 17.2 Å². The third-order valence-electron chi connectivity index (χ3n) is 6.60. The van der Waals surface area contributed by atoms with Crippen molar-refractivity contribution >= 4 is 62.5 Å². The molecule has 0 saturated heterocycles. The van der Waals surface area contributed by atoms with Gasteiger partial charge in [-0.3, -0.25) is 13.9 Å². The molecule has 232 valence electrons. The van der Waals surface area contributed by atoms with E-state index in [2.05, 4.69) is 5.32 Å². The number of nitrogens with zero attached hydrogens (tertiary/aromatic N) is 2. The van der Waals surface area contributed by atoms with Gasteiger partial charge in [0.1, 0.15) is 18.3 Å². The van der Waals surface area contributed by atoms with Crippen molar-refractivity contribution in [1.29, 1.82) is 0 Å². The molecule has 0 spiro atoms. The Morgan fingerprint density at radius 1 is 0.953 bits per heavy atom. The normalized spacial score (nSPS) is 12.1. The van der Waals surface area contributed by atoms with E-state index >= 15 is 0 Å². The molecule has 3 rings (SSSR count). The number of sulfonamides is 1. The van der Waals surface area contributed by atoms with Gasteiger partial charge in [-0.1, -0.05) is 55.2 Å². The fraction of sp³-hybridized carbons (Fsp3) is 0.355. The molecule has 3 aromatic rings. The summed E-state index contributed by atoms with van der Waals surface area (Å²) in [5.41, 5.74) is 0.638. The summed E-state index contributed by atoms with van der Waals surface area (Å²) >= 11 is 14.4. The van der Waals surface area contributed by atoms with Crippen molar-refractivity contribution in [2.24, 2.45) is 5.92 Å². The molecular formula is C31H37Cl2N3O5S2. The molecule has 0 heterocycles. The Morgan fingerprint density at radius 3 is 2.16 bits per heavy atom. The van der Waals surface area contributed by atoms with Gasteiger partial charge in [0, 0.05) is 33.6 Å². The number of benzene rings is 3. The van der Waals surface area contributed by atoms with Crippen LogP contribution >= 0.6 is 35.0 Å². The van der Waals surface area contributed by atoms with Gasteiger partial charge in [-0.25, -0.2) is 8.42 Å². The van der Waals surface area contributed by atoms with Crippen molar-refractivity contribution < 1.29 is 22.7 Å². The highest BCUT2D eigenvalue weighted by Crippen LogP contribution is 2.34. The third kappa shape index (κ3) is 8.81. The summed E-state index contributed by atoms with van der Waals surface area (Å²) in [7, 11) is -4.26. The number of rotatable bonds is 14. The average molecular weight is 667 g/mol. The van der Waals surface area contributed by atoms with Crippen LogP contribution in [-0.4, -0.2) is 57.1 Å². The second kappa shape index (κ2) is 15.7. The van der Waals surface area contributed by atoms with Crippen molar-refractivity contribution in [2.45, 2.75) is 50.1 Å². The Morgan fingerprint density at radius 2 is 1.58 bits per heavy atom. The number of hydrogen-bond acceptors (Lipinski definition) is 6. The predicted molar refractivity (Wildman–Crippen MR) is 175 cm³/mol. The molecule has 0 aromatic heterocycles. The summed E-state index contributed by atoms with van der Waals surface area (Å²) in [6, 6.07) is 17.0. The minimum absolute atomic E-state index is 0.00725. The zero-order valence-corrected chi connectivity index (χ0v) is 28.0. The number of ether oxygens (including phenoxy) is 1. The van der Waals surface area contributed by atoms with Gasteiger partial charge in [-0.15, -0.1) is 11.8 Å². The van der Waals surface area contributed by atoms with Crippen LogP contribution in [0.4, 0.5) is 5.69 Å². The van der Waals surface area contributed by atoms with Gasteiger partial charge in [0.15, 0.2) is 0 Å². The molecule has 0 fully saturated rings. The average Bonchev–Trinajstić information content (AvgIpc) is 2.98. The lowest BCUT2D eigenvalue weighted by Gasteiger charge is -2.33. The lowest BCUT2D eigenvalue weighted by Crippen LogP contribution is -2.51. The summed E-state index contributed by atoms with van der Waals surface area (Å²) in [5.74, 6) is -0.530. The van der Waals surface area contributed by atoms with E-state index in [-0.39, 0.29) is 35.6 Å². The Kier molecular flexibility index (Phi) is 12.6. The van der Waals surface area contributed by atoms with E-state index in [9.17, 15) is 18.0 Å². The third-order valence-corrected chi connectivity index (χ3v) is 9.83. The highest BCUT2D eigenvalue weighted by Gasteiger charge is 2.34. The highest BCUT2D eigenvalue weighted by atomic mass is 35.5. The van der Waals surface area contributed by atoms with Gasteiger partial charge in [-0.05, 0) is 74.6 Å². The van der Waals surface area contributed by atoms with Crippen LogP contribution in [0.25, 0.3) is 0 Å². The number of carbonyl (C=O) groups excluding carboxylic acids is 2. The van der Waals surface area contributed by atoms with Crippen LogP contribution in [0.3, 0.4) is 0 Å². The fourth-order valence-corrected chi connectivity index (χ4v) is 6.57. The molecule has 12 heteroatoms. The van der Waals surface area contributed by atoms with E-state index in [1.165, 1.54) is 28.8 Å². The van der Waals surface area contributed by atoms with Crippen molar-refractivity contribution in [3.05, 3.63) is 82.3 Å². The molecule has 1 atom stereocenters. The summed E-state index contributed by atoms with van der Waals surface area (Å²) in [6.45, 7) is 7.26. The maximum absolute atomic E-state index is 14.2. The smallest absolute Gasteiger partial charge is 0.264 e. The number of amides is 2. The number of halogens is 2. The second-order valence-electron chi connectivity index (χ2n) is 10.1. The molecular weight excluding hydrogens is 629 g/mol. The van der Waals surface area contributed by atoms with E-state index in [1.54, 1.807) is 68.4 Å². The van der Waals surface area contributed by atoms with E-state index in [4.69, 9.17) is 27.9 Å². The van der Waals surface area contributed by atoms with Crippen molar-refractivity contribution in [3.8, 4) is 5.75 Å². The summed E-state index contributed by atoms with van der Waals surface area (Å²) in [4.78, 5) is 29.6. The number of nitrogens with one attached hydrogen (secondary N) is 1. The van der Waals surface area contributed by atoms with Gasteiger partial charge in [-0.2, -0.15) is 0 Å². The van der Waals surface area contributed by atoms with Crippen molar-refractivity contribution in [2.75, 3.05) is 30.3 Å². The van der Waals surface area contributed by atoms with E-state index in [0.29, 0.717) is 27.9 Å². The first kappa shape index (κ1) is 34.6. The minimum Gasteiger partial charge on any atom is -0.492 e. The molecule has 0 radical (unpaired) electrons. The van der Waals surface area contributed by atoms with Gasteiger partial charge < -0.3 is 15.0 Å². The second-order valence-corrected chi connectivity index (χ2v) is 13.7. The first-order valence-electron chi connectivity index (χ1n) is 13.8. The van der Waals surface area contributed by atoms with Crippen molar-refractivity contribution in [3.63, 3.8) is 0 Å². The summed E-state index contributed by atoms with van der Waals surface area (Å²) < 4.78 is 35.1. The number of anilines is 1. The predicted octanol–water partition coefficient (Wildman–Crippen LogP) is 6.50. The van der Waals surface area contributed by atoms with Crippen LogP contribution in [0.2, 0.25) is 10.0 Å². The number of thioether (sulfide) groups is 1. The van der Waals surface area contributed by atoms with Crippen LogP contribution in [0.15, 0.2) is 76.5 Å². The lowest BCUT2D eigenvalue weighted by molar-refractivity contribution is -0.139. The Balaban J connectivity index is 2.11. The molecule has 0 bridgehead atoms. The fourth-order valence-electron chi connectivity index (χ4n) is 4.22. The quantitative estimate of drug-likeness (QED) is 0.198. The van der Waals surface area contributed by atoms with Crippen LogP contribution < -0.4 is 14.4 Å². The number of para-hydroxylation sites is 2. The van der Waals surface area contributed by atoms with E-state index in [0.717, 1.165) is 9.20 Å². The van der Waals surface area contributed by atoms with E-state index < -0.39 is 28.5 Å². The van der Waals surface area contributed by atoms with Crippen LogP contribution in [0.5, 0.6) is 5.75 Å². The topological polar surface area (TPSA) is 96.0 Å². The van der Waals surface area contributed by atoms with Crippen LogP contribution in [0, 0.1) is 5.92 Å². The number of hydrogen-bond donors (Lipinski definition) is 1. The molecule has 3 aromatic carbocycles. The van der Waals surface area contributed by atoms with Gasteiger partial charge in [0.2, 0.25) is 11.8 Å². The van der Waals surface area contributed by atoms with E-state index in [1.807, 2.05) is 20.1 Å². The molecule has 0 aliphatic heterocycles. The van der Waals surface area contributed by atoms with Crippen LogP contribution in [-0.2, 0) is 26.2 Å². The van der Waals surface area contributed by atoms with Crippen LogP contribution in [0.1, 0.15) is 33.3 Å².